The van der Waals surface area contributed by atoms with Crippen LogP contribution in [-0.4, -0.2) is 45.8 Å². The second-order valence-corrected chi connectivity index (χ2v) is 8.34. The average molecular weight is 500 g/mol. The first-order valence-corrected chi connectivity index (χ1v) is 11.1. The highest BCUT2D eigenvalue weighted by Gasteiger charge is 2.23. The van der Waals surface area contributed by atoms with Gasteiger partial charge in [-0.15, -0.1) is 0 Å². The van der Waals surface area contributed by atoms with E-state index in [1.54, 1.807) is 49.2 Å². The topological polar surface area (TPSA) is 177 Å². The number of nitrogens with zero attached hydrogens (tertiary/aromatic N) is 8. The first kappa shape index (κ1) is 22.9. The van der Waals surface area contributed by atoms with Crippen molar-refractivity contribution in [1.82, 2.24) is 45.2 Å². The Bertz CT molecular complexity index is 1670. The Morgan fingerprint density at radius 1 is 1.25 bits per heavy atom. The molecule has 0 aliphatic carbocycles. The number of rotatable bonds is 5. The van der Waals surface area contributed by atoms with Gasteiger partial charge in [0.15, 0.2) is 11.5 Å². The van der Waals surface area contributed by atoms with E-state index in [0.29, 0.717) is 38.9 Å². The molecule has 5 aromatic rings. The fourth-order valence-corrected chi connectivity index (χ4v) is 3.96. The lowest BCUT2D eigenvalue weighted by Crippen LogP contribution is -2.29. The monoisotopic (exact) mass is 499 g/mol. The second-order valence-electron chi connectivity index (χ2n) is 7.93. The third kappa shape index (κ3) is 4.19. The first-order valence-electron chi connectivity index (χ1n) is 10.7. The standard InChI is InChI=1S/C23H18ClN11O/c1-11(15-3-5-27-17(9-25)30-15)29-23(36)21-22(26)32-20(16-4-6-35(2)34-16)19(31-21)12-7-13-10-28-33-18(13)14(24)8-12/h3-8,10-11H,1-2H3,(H2,26,32)(H,28,33)(H,29,36). The first-order chi connectivity index (χ1) is 17.3. The molecule has 0 saturated carbocycles. The molecule has 4 heterocycles. The normalized spacial score (nSPS) is 11.8. The Hall–Kier alpha value is -4.89. The number of fused-ring (bicyclic) bond motifs is 1. The number of nitriles is 1. The lowest BCUT2D eigenvalue weighted by atomic mass is 10.1. The van der Waals surface area contributed by atoms with E-state index in [-0.39, 0.29) is 17.3 Å². The van der Waals surface area contributed by atoms with E-state index in [1.807, 2.05) is 12.1 Å². The largest absolute Gasteiger partial charge is 0.382 e. The number of anilines is 1. The zero-order valence-corrected chi connectivity index (χ0v) is 19.8. The summed E-state index contributed by atoms with van der Waals surface area (Å²) in [7, 11) is 1.78. The molecule has 1 aromatic carbocycles. The number of H-pyrrole nitrogens is 1. The van der Waals surface area contributed by atoms with E-state index < -0.39 is 11.9 Å². The minimum absolute atomic E-state index is 0.00132. The number of benzene rings is 1. The van der Waals surface area contributed by atoms with Gasteiger partial charge in [0, 0.05) is 30.4 Å². The Morgan fingerprint density at radius 2 is 2.08 bits per heavy atom. The highest BCUT2D eigenvalue weighted by molar-refractivity contribution is 6.35. The molecule has 0 spiro atoms. The van der Waals surface area contributed by atoms with Gasteiger partial charge in [-0.1, -0.05) is 11.6 Å². The Morgan fingerprint density at radius 3 is 2.83 bits per heavy atom. The minimum Gasteiger partial charge on any atom is -0.382 e. The maximum Gasteiger partial charge on any atom is 0.274 e. The number of nitrogens with one attached hydrogen (secondary N) is 2. The average Bonchev–Trinajstić information content (AvgIpc) is 3.53. The quantitative estimate of drug-likeness (QED) is 0.328. The summed E-state index contributed by atoms with van der Waals surface area (Å²) in [5.41, 5.74) is 9.17. The lowest BCUT2D eigenvalue weighted by molar-refractivity contribution is 0.0935. The van der Waals surface area contributed by atoms with Gasteiger partial charge in [-0.25, -0.2) is 19.9 Å². The van der Waals surface area contributed by atoms with Gasteiger partial charge >= 0.3 is 0 Å². The third-order valence-electron chi connectivity index (χ3n) is 5.44. The molecule has 1 amide bonds. The summed E-state index contributed by atoms with van der Waals surface area (Å²) in [5, 5.41) is 24.4. The van der Waals surface area contributed by atoms with Crippen LogP contribution < -0.4 is 11.1 Å². The van der Waals surface area contributed by atoms with Crippen molar-refractivity contribution >= 4 is 34.2 Å². The molecule has 0 saturated heterocycles. The molecule has 4 N–H and O–H groups in total. The van der Waals surface area contributed by atoms with Crippen molar-refractivity contribution in [3.63, 3.8) is 0 Å². The summed E-state index contributed by atoms with van der Waals surface area (Å²) in [5.74, 6) is -0.629. The summed E-state index contributed by atoms with van der Waals surface area (Å²) < 4.78 is 1.63. The molecular formula is C23H18ClN11O. The fraction of sp³-hybridized carbons (Fsp3) is 0.130. The number of nitrogen functional groups attached to an aromatic ring is 1. The predicted octanol–water partition coefficient (Wildman–Crippen LogP) is 2.81. The number of halogens is 1. The molecule has 1 atom stereocenters. The molecule has 0 bridgehead atoms. The summed E-state index contributed by atoms with van der Waals surface area (Å²) >= 11 is 6.47. The number of aromatic nitrogens is 8. The maximum atomic E-state index is 13.2. The number of carbonyl (C=O) groups is 1. The van der Waals surface area contributed by atoms with Crippen LogP contribution in [0.25, 0.3) is 33.5 Å². The number of aryl methyl sites for hydroxylation is 1. The van der Waals surface area contributed by atoms with Crippen LogP contribution >= 0.6 is 11.6 Å². The number of carbonyl (C=O) groups excluding carboxylic acids is 1. The summed E-state index contributed by atoms with van der Waals surface area (Å²) in [6.45, 7) is 1.72. The van der Waals surface area contributed by atoms with Crippen molar-refractivity contribution in [3.8, 4) is 28.7 Å². The predicted molar refractivity (Wildman–Crippen MR) is 131 cm³/mol. The van der Waals surface area contributed by atoms with E-state index in [4.69, 9.17) is 22.6 Å². The van der Waals surface area contributed by atoms with Gasteiger partial charge in [-0.05, 0) is 31.2 Å². The van der Waals surface area contributed by atoms with Crippen molar-refractivity contribution in [1.29, 1.82) is 5.26 Å². The number of hydrogen-bond acceptors (Lipinski definition) is 9. The van der Waals surface area contributed by atoms with Crippen LogP contribution in [0.5, 0.6) is 0 Å². The Labute approximate surface area is 209 Å². The second kappa shape index (κ2) is 9.05. The zero-order valence-electron chi connectivity index (χ0n) is 19.1. The number of aromatic amines is 1. The molecule has 0 aliphatic heterocycles. The van der Waals surface area contributed by atoms with Crippen LogP contribution in [0.4, 0.5) is 5.82 Å². The SMILES string of the molecule is CC(NC(=O)c1nc(-c2cc(Cl)c3[nH]ncc3c2)c(-c2ccn(C)n2)nc1N)c1ccnc(C#N)n1. The molecule has 0 radical (unpaired) electrons. The van der Waals surface area contributed by atoms with Crippen molar-refractivity contribution in [2.45, 2.75) is 13.0 Å². The molecule has 0 fully saturated rings. The smallest absolute Gasteiger partial charge is 0.274 e. The van der Waals surface area contributed by atoms with Gasteiger partial charge in [0.2, 0.25) is 5.82 Å². The van der Waals surface area contributed by atoms with E-state index in [0.717, 1.165) is 5.39 Å². The van der Waals surface area contributed by atoms with Gasteiger partial charge in [0.05, 0.1) is 34.2 Å². The summed E-state index contributed by atoms with van der Waals surface area (Å²) in [6.07, 6.45) is 4.86. The molecule has 12 nitrogen and oxygen atoms in total. The minimum atomic E-state index is -0.561. The van der Waals surface area contributed by atoms with Crippen LogP contribution in [0.3, 0.4) is 0 Å². The van der Waals surface area contributed by atoms with Crippen LogP contribution in [0.15, 0.2) is 42.9 Å². The molecule has 0 aliphatic rings. The molecular weight excluding hydrogens is 482 g/mol. The maximum absolute atomic E-state index is 13.2. The highest BCUT2D eigenvalue weighted by atomic mass is 35.5. The van der Waals surface area contributed by atoms with Crippen LogP contribution in [-0.2, 0) is 7.05 Å². The number of amides is 1. The third-order valence-corrected chi connectivity index (χ3v) is 5.73. The van der Waals surface area contributed by atoms with Crippen LogP contribution in [0, 0.1) is 11.3 Å². The van der Waals surface area contributed by atoms with Crippen LogP contribution in [0.2, 0.25) is 5.02 Å². The number of hydrogen-bond donors (Lipinski definition) is 3. The van der Waals surface area contributed by atoms with Gasteiger partial charge in [-0.3, -0.25) is 14.6 Å². The molecule has 178 valence electrons. The van der Waals surface area contributed by atoms with Crippen molar-refractivity contribution in [3.05, 3.63) is 65.1 Å². The lowest BCUT2D eigenvalue weighted by Gasteiger charge is -2.15. The van der Waals surface area contributed by atoms with E-state index in [2.05, 4.69) is 40.5 Å². The fourth-order valence-electron chi connectivity index (χ4n) is 3.69. The molecule has 4 aromatic heterocycles. The van der Waals surface area contributed by atoms with Gasteiger partial charge < -0.3 is 11.1 Å². The summed E-state index contributed by atoms with van der Waals surface area (Å²) in [4.78, 5) is 30.3. The molecule has 1 unspecified atom stereocenters. The van der Waals surface area contributed by atoms with Crippen LogP contribution in [0.1, 0.15) is 35.0 Å². The van der Waals surface area contributed by atoms with Crippen molar-refractivity contribution < 1.29 is 4.79 Å². The highest BCUT2D eigenvalue weighted by Crippen LogP contribution is 2.34. The van der Waals surface area contributed by atoms with Crippen molar-refractivity contribution in [2.24, 2.45) is 7.05 Å². The summed E-state index contributed by atoms with van der Waals surface area (Å²) in [6, 6.07) is 8.26. The Kier molecular flexibility index (Phi) is 5.75. The van der Waals surface area contributed by atoms with E-state index in [9.17, 15) is 4.79 Å². The van der Waals surface area contributed by atoms with Crippen molar-refractivity contribution in [2.75, 3.05) is 5.73 Å². The van der Waals surface area contributed by atoms with Gasteiger partial charge in [-0.2, -0.15) is 15.5 Å². The zero-order chi connectivity index (χ0) is 25.4. The molecule has 5 rings (SSSR count). The molecule has 36 heavy (non-hydrogen) atoms. The van der Waals surface area contributed by atoms with Gasteiger partial charge in [0.25, 0.3) is 5.91 Å². The number of nitrogens with two attached hydrogens (primary N) is 1. The van der Waals surface area contributed by atoms with Gasteiger partial charge in [0.1, 0.15) is 17.5 Å². The van der Waals surface area contributed by atoms with E-state index >= 15 is 0 Å². The molecule has 13 heteroatoms. The Balaban J connectivity index is 1.59. The van der Waals surface area contributed by atoms with E-state index in [1.165, 1.54) is 6.20 Å².